The maximum Gasteiger partial charge on any atom is 0.0990 e. The number of anilines is 1. The summed E-state index contributed by atoms with van der Waals surface area (Å²) in [5.41, 5.74) is 3.64. The summed E-state index contributed by atoms with van der Waals surface area (Å²) < 4.78 is 0. The van der Waals surface area contributed by atoms with E-state index in [1.807, 2.05) is 4.90 Å². The number of β-amino-alcohol motifs (C(OH)–C–C–N with tert-alkyl or cyclic N) is 2. The monoisotopic (exact) mass is 278 g/mol. The Hall–Kier alpha value is -1.10. The van der Waals surface area contributed by atoms with Crippen molar-refractivity contribution in [1.82, 2.24) is 5.32 Å². The largest absolute Gasteiger partial charge is 0.389 e. The molecule has 0 aromatic heterocycles. The average molecular weight is 278 g/mol. The molecule has 2 atom stereocenters. The Labute approximate surface area is 121 Å². The molecule has 1 fully saturated rings. The molecule has 4 heteroatoms. The number of hydrogen-bond donors (Lipinski definition) is 3. The number of rotatable bonds is 3. The molecule has 1 heterocycles. The summed E-state index contributed by atoms with van der Waals surface area (Å²) in [6.07, 6.45) is -1.28. The van der Waals surface area contributed by atoms with E-state index >= 15 is 0 Å². The molecule has 3 N–H and O–H groups in total. The Morgan fingerprint density at radius 3 is 2.30 bits per heavy atom. The van der Waals surface area contributed by atoms with Crippen molar-refractivity contribution in [3.05, 3.63) is 29.3 Å². The lowest BCUT2D eigenvalue weighted by molar-refractivity contribution is 0.0572. The molecule has 0 aliphatic carbocycles. The van der Waals surface area contributed by atoms with Gasteiger partial charge in [-0.05, 0) is 44.9 Å². The van der Waals surface area contributed by atoms with Crippen molar-refractivity contribution in [2.75, 3.05) is 18.0 Å². The van der Waals surface area contributed by atoms with Crippen molar-refractivity contribution >= 4 is 5.69 Å². The van der Waals surface area contributed by atoms with Crippen molar-refractivity contribution in [3.63, 3.8) is 0 Å². The van der Waals surface area contributed by atoms with Crippen molar-refractivity contribution in [2.24, 2.45) is 0 Å². The van der Waals surface area contributed by atoms with Crippen LogP contribution in [0.1, 0.15) is 31.9 Å². The molecule has 4 nitrogen and oxygen atoms in total. The van der Waals surface area contributed by atoms with Crippen molar-refractivity contribution in [1.29, 1.82) is 0 Å². The maximum atomic E-state index is 9.65. The first-order valence-electron chi connectivity index (χ1n) is 7.22. The summed E-state index contributed by atoms with van der Waals surface area (Å²) in [5, 5.41) is 22.8. The van der Waals surface area contributed by atoms with Gasteiger partial charge in [-0.2, -0.15) is 0 Å². The van der Waals surface area contributed by atoms with Crippen LogP contribution in [0.4, 0.5) is 5.69 Å². The molecule has 1 aliphatic rings. The van der Waals surface area contributed by atoms with Gasteiger partial charge in [-0.3, -0.25) is 0 Å². The highest BCUT2D eigenvalue weighted by atomic mass is 16.3. The molecular weight excluding hydrogens is 252 g/mol. The predicted octanol–water partition coefficient (Wildman–Crippen LogP) is 1.42. The molecule has 2 rings (SSSR count). The van der Waals surface area contributed by atoms with Crippen LogP contribution in [-0.4, -0.2) is 41.0 Å². The quantitative estimate of drug-likeness (QED) is 0.783. The third kappa shape index (κ3) is 3.72. The lowest BCUT2D eigenvalue weighted by atomic mass is 10.1. The molecular formula is C16H26N2O2. The van der Waals surface area contributed by atoms with Gasteiger partial charge in [-0.1, -0.05) is 12.1 Å². The molecule has 0 bridgehead atoms. The van der Waals surface area contributed by atoms with Gasteiger partial charge in [0.05, 0.1) is 12.2 Å². The number of nitrogens with zero attached hydrogens (tertiary/aromatic N) is 1. The normalized spacial score (nSPS) is 23.4. The zero-order chi connectivity index (χ0) is 14.9. The van der Waals surface area contributed by atoms with Crippen LogP contribution in [0.2, 0.25) is 0 Å². The fourth-order valence-corrected chi connectivity index (χ4v) is 2.52. The molecule has 112 valence electrons. The SMILES string of the molecule is Cc1cc(CNC(C)(C)C)ccc1N1CC(O)C(O)C1. The Bertz CT molecular complexity index is 458. The van der Waals surface area contributed by atoms with Crippen molar-refractivity contribution < 1.29 is 10.2 Å². The molecule has 0 amide bonds. The molecule has 1 saturated heterocycles. The summed E-state index contributed by atoms with van der Waals surface area (Å²) in [5.74, 6) is 0. The van der Waals surface area contributed by atoms with E-state index < -0.39 is 12.2 Å². The second-order valence-corrected chi connectivity index (χ2v) is 6.76. The van der Waals surface area contributed by atoms with Crippen molar-refractivity contribution in [2.45, 2.75) is 52.0 Å². The Kier molecular flexibility index (Phi) is 4.37. The van der Waals surface area contributed by atoms with Gasteiger partial charge in [-0.25, -0.2) is 0 Å². The standard InChI is InChI=1S/C16H26N2O2/c1-11-7-12(8-17-16(2,3)4)5-6-13(11)18-9-14(19)15(20)10-18/h5-7,14-15,17,19-20H,8-10H2,1-4H3. The van der Waals surface area contributed by atoms with Gasteiger partial charge in [0.2, 0.25) is 0 Å². The van der Waals surface area contributed by atoms with E-state index in [2.05, 4.69) is 51.2 Å². The lowest BCUT2D eigenvalue weighted by Crippen LogP contribution is -2.35. The molecule has 1 aromatic carbocycles. The van der Waals surface area contributed by atoms with E-state index in [1.54, 1.807) is 0 Å². The Morgan fingerprint density at radius 1 is 1.20 bits per heavy atom. The first kappa shape index (κ1) is 15.3. The van der Waals surface area contributed by atoms with Gasteiger partial charge in [0.1, 0.15) is 0 Å². The molecule has 2 unspecified atom stereocenters. The molecule has 1 aliphatic heterocycles. The second-order valence-electron chi connectivity index (χ2n) is 6.76. The zero-order valence-electron chi connectivity index (χ0n) is 12.8. The minimum absolute atomic E-state index is 0.107. The first-order chi connectivity index (χ1) is 9.26. The minimum atomic E-state index is -0.642. The van der Waals surface area contributed by atoms with Crippen LogP contribution in [0, 0.1) is 6.92 Å². The number of hydrogen-bond acceptors (Lipinski definition) is 4. The highest BCUT2D eigenvalue weighted by molar-refractivity contribution is 5.55. The van der Waals surface area contributed by atoms with Crippen LogP contribution in [-0.2, 0) is 6.54 Å². The third-order valence-corrected chi connectivity index (χ3v) is 3.68. The molecule has 20 heavy (non-hydrogen) atoms. The number of benzene rings is 1. The summed E-state index contributed by atoms with van der Waals surface area (Å²) in [6, 6.07) is 6.36. The van der Waals surface area contributed by atoms with Crippen LogP contribution in [0.15, 0.2) is 18.2 Å². The number of nitrogens with one attached hydrogen (secondary N) is 1. The molecule has 0 radical (unpaired) electrons. The summed E-state index contributed by atoms with van der Waals surface area (Å²) >= 11 is 0. The van der Waals surface area contributed by atoms with E-state index in [-0.39, 0.29) is 5.54 Å². The Morgan fingerprint density at radius 2 is 1.80 bits per heavy atom. The summed E-state index contributed by atoms with van der Waals surface area (Å²) in [4.78, 5) is 2.05. The third-order valence-electron chi connectivity index (χ3n) is 3.68. The zero-order valence-corrected chi connectivity index (χ0v) is 12.8. The number of aryl methyl sites for hydroxylation is 1. The molecule has 0 spiro atoms. The fraction of sp³-hybridized carbons (Fsp3) is 0.625. The minimum Gasteiger partial charge on any atom is -0.389 e. The van der Waals surface area contributed by atoms with E-state index in [1.165, 1.54) is 11.1 Å². The van der Waals surface area contributed by atoms with Gasteiger partial charge < -0.3 is 20.4 Å². The van der Waals surface area contributed by atoms with Gasteiger partial charge in [0, 0.05) is 30.9 Å². The average Bonchev–Trinajstić information content (AvgIpc) is 2.66. The fourth-order valence-electron chi connectivity index (χ4n) is 2.52. The van der Waals surface area contributed by atoms with Gasteiger partial charge in [0.25, 0.3) is 0 Å². The van der Waals surface area contributed by atoms with E-state index in [9.17, 15) is 10.2 Å². The molecule has 0 saturated carbocycles. The van der Waals surface area contributed by atoms with Crippen LogP contribution in [0.3, 0.4) is 0 Å². The lowest BCUT2D eigenvalue weighted by Gasteiger charge is -2.23. The summed E-state index contributed by atoms with van der Waals surface area (Å²) in [7, 11) is 0. The number of aliphatic hydroxyl groups excluding tert-OH is 2. The van der Waals surface area contributed by atoms with E-state index in [4.69, 9.17) is 0 Å². The second kappa shape index (κ2) is 5.72. The maximum absolute atomic E-state index is 9.65. The Balaban J connectivity index is 2.07. The predicted molar refractivity (Wildman–Crippen MR) is 82.0 cm³/mol. The van der Waals surface area contributed by atoms with E-state index in [0.29, 0.717) is 13.1 Å². The van der Waals surface area contributed by atoms with Gasteiger partial charge in [0.15, 0.2) is 0 Å². The first-order valence-corrected chi connectivity index (χ1v) is 7.22. The van der Waals surface area contributed by atoms with Gasteiger partial charge >= 0.3 is 0 Å². The highest BCUT2D eigenvalue weighted by Gasteiger charge is 2.30. The molecule has 1 aromatic rings. The smallest absolute Gasteiger partial charge is 0.0990 e. The van der Waals surface area contributed by atoms with E-state index in [0.717, 1.165) is 12.2 Å². The highest BCUT2D eigenvalue weighted by Crippen LogP contribution is 2.25. The van der Waals surface area contributed by atoms with Crippen molar-refractivity contribution in [3.8, 4) is 0 Å². The number of aliphatic hydroxyl groups is 2. The van der Waals surface area contributed by atoms with Crippen LogP contribution in [0.25, 0.3) is 0 Å². The van der Waals surface area contributed by atoms with Crippen LogP contribution < -0.4 is 10.2 Å². The topological polar surface area (TPSA) is 55.7 Å². The van der Waals surface area contributed by atoms with Crippen LogP contribution >= 0.6 is 0 Å². The van der Waals surface area contributed by atoms with Gasteiger partial charge in [-0.15, -0.1) is 0 Å². The van der Waals surface area contributed by atoms with Crippen LogP contribution in [0.5, 0.6) is 0 Å². The summed E-state index contributed by atoms with van der Waals surface area (Å²) in [6.45, 7) is 10.4.